The molecule has 2 rings (SSSR count). The summed E-state index contributed by atoms with van der Waals surface area (Å²) in [5.41, 5.74) is -1.17. The summed E-state index contributed by atoms with van der Waals surface area (Å²) in [5, 5.41) is 9.03. The van der Waals surface area contributed by atoms with Crippen molar-refractivity contribution in [2.75, 3.05) is 0 Å². The third-order valence-electron chi connectivity index (χ3n) is 2.58. The van der Waals surface area contributed by atoms with Crippen molar-refractivity contribution in [2.45, 2.75) is 16.0 Å². The minimum Gasteiger partial charge on any atom is -0.478 e. The second-order valence-corrected chi connectivity index (χ2v) is 5.19. The Morgan fingerprint density at radius 2 is 1.67 bits per heavy atom. The highest BCUT2D eigenvalue weighted by molar-refractivity contribution is 7.99. The van der Waals surface area contributed by atoms with Crippen LogP contribution < -0.4 is 0 Å². The molecule has 0 amide bonds. The fourth-order valence-corrected chi connectivity index (χ4v) is 2.57. The monoisotopic (exact) mass is 316 g/mol. The summed E-state index contributed by atoms with van der Waals surface area (Å²) in [6, 6.07) is 7.44. The normalized spacial score (nSPS) is 11.4. The zero-order chi connectivity index (χ0) is 15.6. The minimum absolute atomic E-state index is 0.0519. The quantitative estimate of drug-likeness (QED) is 0.834. The van der Waals surface area contributed by atoms with Crippen LogP contribution in [0, 0.1) is 5.82 Å². The van der Waals surface area contributed by atoms with E-state index < -0.39 is 23.5 Å². The van der Waals surface area contributed by atoms with Crippen molar-refractivity contribution in [1.82, 2.24) is 0 Å². The highest BCUT2D eigenvalue weighted by atomic mass is 32.2. The molecule has 0 radical (unpaired) electrons. The molecule has 0 aliphatic heterocycles. The molecule has 0 unspecified atom stereocenters. The molecule has 0 saturated carbocycles. The van der Waals surface area contributed by atoms with E-state index in [1.807, 2.05) is 0 Å². The number of alkyl halides is 3. The number of carboxylic acid groups (broad SMARTS) is 1. The van der Waals surface area contributed by atoms with E-state index in [1.165, 1.54) is 12.1 Å². The van der Waals surface area contributed by atoms with Gasteiger partial charge in [-0.1, -0.05) is 11.8 Å². The predicted molar refractivity (Wildman–Crippen MR) is 68.9 cm³/mol. The van der Waals surface area contributed by atoms with Gasteiger partial charge in [-0.25, -0.2) is 9.18 Å². The third kappa shape index (κ3) is 3.75. The van der Waals surface area contributed by atoms with E-state index >= 15 is 0 Å². The van der Waals surface area contributed by atoms with Gasteiger partial charge in [0.2, 0.25) is 0 Å². The lowest BCUT2D eigenvalue weighted by molar-refractivity contribution is -0.137. The maximum atomic E-state index is 12.8. The summed E-state index contributed by atoms with van der Waals surface area (Å²) >= 11 is 0.834. The Hall–Kier alpha value is -2.02. The fourth-order valence-electron chi connectivity index (χ4n) is 1.59. The average molecular weight is 316 g/mol. The maximum absolute atomic E-state index is 12.8. The second-order valence-electron chi connectivity index (χ2n) is 4.07. The summed E-state index contributed by atoms with van der Waals surface area (Å²) in [6.07, 6.45) is -4.56. The zero-order valence-electron chi connectivity index (χ0n) is 10.3. The number of halogens is 4. The van der Waals surface area contributed by atoms with Crippen LogP contribution in [0.1, 0.15) is 15.9 Å². The molecular formula is C14H8F4O2S. The molecule has 0 fully saturated rings. The number of aromatic carboxylic acids is 1. The first kappa shape index (κ1) is 15.4. The van der Waals surface area contributed by atoms with Crippen molar-refractivity contribution < 1.29 is 27.5 Å². The van der Waals surface area contributed by atoms with E-state index in [9.17, 15) is 22.4 Å². The molecule has 110 valence electrons. The van der Waals surface area contributed by atoms with Gasteiger partial charge >= 0.3 is 12.1 Å². The van der Waals surface area contributed by atoms with Gasteiger partial charge in [-0.15, -0.1) is 0 Å². The molecule has 0 spiro atoms. The van der Waals surface area contributed by atoms with Gasteiger partial charge in [0.15, 0.2) is 0 Å². The van der Waals surface area contributed by atoms with Crippen molar-refractivity contribution in [3.05, 3.63) is 59.4 Å². The maximum Gasteiger partial charge on any atom is 0.416 e. The highest BCUT2D eigenvalue weighted by Gasteiger charge is 2.31. The van der Waals surface area contributed by atoms with Crippen molar-refractivity contribution in [2.24, 2.45) is 0 Å². The largest absolute Gasteiger partial charge is 0.478 e. The molecule has 0 heterocycles. The van der Waals surface area contributed by atoms with Gasteiger partial charge in [0.1, 0.15) is 5.82 Å². The predicted octanol–water partition coefficient (Wildman–Crippen LogP) is 4.69. The summed E-state index contributed by atoms with van der Waals surface area (Å²) in [7, 11) is 0. The molecule has 2 aromatic rings. The Kier molecular flexibility index (Phi) is 4.22. The molecule has 0 aromatic heterocycles. The molecule has 0 aliphatic rings. The van der Waals surface area contributed by atoms with Gasteiger partial charge in [0.05, 0.1) is 11.1 Å². The molecule has 0 aliphatic carbocycles. The van der Waals surface area contributed by atoms with E-state index in [0.717, 1.165) is 42.1 Å². The first-order valence-electron chi connectivity index (χ1n) is 5.65. The van der Waals surface area contributed by atoms with Gasteiger partial charge in [-0.2, -0.15) is 13.2 Å². The molecule has 0 saturated heterocycles. The number of hydrogen-bond donors (Lipinski definition) is 1. The highest BCUT2D eigenvalue weighted by Crippen LogP contribution is 2.36. The van der Waals surface area contributed by atoms with E-state index in [4.69, 9.17) is 5.11 Å². The van der Waals surface area contributed by atoms with Crippen molar-refractivity contribution in [3.8, 4) is 0 Å². The lowest BCUT2D eigenvalue weighted by Crippen LogP contribution is -2.07. The Morgan fingerprint density at radius 1 is 1.05 bits per heavy atom. The van der Waals surface area contributed by atoms with Crippen LogP contribution in [-0.2, 0) is 6.18 Å². The lowest BCUT2D eigenvalue weighted by Gasteiger charge is -2.11. The molecule has 7 heteroatoms. The van der Waals surface area contributed by atoms with Gasteiger partial charge in [0.25, 0.3) is 0 Å². The van der Waals surface area contributed by atoms with Crippen LogP contribution in [0.25, 0.3) is 0 Å². The number of carboxylic acids is 1. The van der Waals surface area contributed by atoms with Gasteiger partial charge < -0.3 is 5.11 Å². The average Bonchev–Trinajstić information content (AvgIpc) is 2.40. The number of carbonyl (C=O) groups is 1. The van der Waals surface area contributed by atoms with Crippen molar-refractivity contribution >= 4 is 17.7 Å². The fraction of sp³-hybridized carbons (Fsp3) is 0.0714. The first-order chi connectivity index (χ1) is 9.77. The van der Waals surface area contributed by atoms with E-state index in [1.54, 1.807) is 0 Å². The van der Waals surface area contributed by atoms with Crippen LogP contribution in [0.4, 0.5) is 17.6 Å². The summed E-state index contributed by atoms with van der Waals surface area (Å²) in [5.74, 6) is -1.81. The van der Waals surface area contributed by atoms with Crippen LogP contribution in [0.2, 0.25) is 0 Å². The van der Waals surface area contributed by atoms with E-state index in [2.05, 4.69) is 0 Å². The second kappa shape index (κ2) is 5.77. The Morgan fingerprint density at radius 3 is 2.19 bits per heavy atom. The lowest BCUT2D eigenvalue weighted by atomic mass is 10.1. The Balaban J connectivity index is 2.43. The number of benzene rings is 2. The van der Waals surface area contributed by atoms with Crippen LogP contribution in [0.15, 0.2) is 52.3 Å². The topological polar surface area (TPSA) is 37.3 Å². The summed E-state index contributed by atoms with van der Waals surface area (Å²) in [4.78, 5) is 11.5. The molecule has 2 aromatic carbocycles. The van der Waals surface area contributed by atoms with Gasteiger partial charge in [-0.3, -0.25) is 0 Å². The molecular weight excluding hydrogens is 308 g/mol. The van der Waals surface area contributed by atoms with Crippen LogP contribution in [0.3, 0.4) is 0 Å². The zero-order valence-corrected chi connectivity index (χ0v) is 11.1. The SMILES string of the molecule is O=C(O)c1ccc(C(F)(F)F)cc1Sc1ccc(F)cc1. The van der Waals surface area contributed by atoms with Crippen LogP contribution in [0.5, 0.6) is 0 Å². The van der Waals surface area contributed by atoms with Gasteiger partial charge in [-0.05, 0) is 42.5 Å². The molecule has 21 heavy (non-hydrogen) atoms. The van der Waals surface area contributed by atoms with Crippen molar-refractivity contribution in [1.29, 1.82) is 0 Å². The minimum atomic E-state index is -4.56. The number of rotatable bonds is 3. The number of hydrogen-bond acceptors (Lipinski definition) is 2. The third-order valence-corrected chi connectivity index (χ3v) is 3.65. The molecule has 0 atom stereocenters. The first-order valence-corrected chi connectivity index (χ1v) is 6.47. The van der Waals surface area contributed by atoms with Gasteiger partial charge in [0, 0.05) is 9.79 Å². The molecule has 1 N–H and O–H groups in total. The smallest absolute Gasteiger partial charge is 0.416 e. The van der Waals surface area contributed by atoms with Crippen molar-refractivity contribution in [3.63, 3.8) is 0 Å². The Bertz CT molecular complexity index is 666. The van der Waals surface area contributed by atoms with Crippen LogP contribution >= 0.6 is 11.8 Å². The van der Waals surface area contributed by atoms with E-state index in [-0.39, 0.29) is 10.5 Å². The Labute approximate surface area is 121 Å². The van der Waals surface area contributed by atoms with E-state index in [0.29, 0.717) is 4.90 Å². The summed E-state index contributed by atoms with van der Waals surface area (Å²) < 4.78 is 50.9. The molecule has 2 nitrogen and oxygen atoms in total. The molecule has 0 bridgehead atoms. The standard InChI is InChI=1S/C14H8F4O2S/c15-9-2-4-10(5-3-9)21-12-7-8(14(16,17)18)1-6-11(12)13(19)20/h1-7H,(H,19,20). The van der Waals surface area contributed by atoms with Crippen LogP contribution in [-0.4, -0.2) is 11.1 Å². The summed E-state index contributed by atoms with van der Waals surface area (Å²) in [6.45, 7) is 0.